The van der Waals surface area contributed by atoms with Crippen molar-refractivity contribution in [1.29, 1.82) is 0 Å². The van der Waals surface area contributed by atoms with Crippen molar-refractivity contribution in [3.05, 3.63) is 59.2 Å². The number of anilines is 1. The highest BCUT2D eigenvalue weighted by molar-refractivity contribution is 6.11. The van der Waals surface area contributed by atoms with E-state index in [4.69, 9.17) is 0 Å². The minimum atomic E-state index is -0.273. The molecule has 136 valence electrons. The van der Waals surface area contributed by atoms with Crippen LogP contribution >= 0.6 is 0 Å². The van der Waals surface area contributed by atoms with Gasteiger partial charge < -0.3 is 9.88 Å². The third kappa shape index (κ3) is 2.11. The molecule has 7 heteroatoms. The van der Waals surface area contributed by atoms with Crippen LogP contribution in [0, 0.1) is 0 Å². The van der Waals surface area contributed by atoms with Gasteiger partial charge in [0.15, 0.2) is 0 Å². The number of benzene rings is 1. The van der Waals surface area contributed by atoms with Crippen LogP contribution in [0.2, 0.25) is 0 Å². The Morgan fingerprint density at radius 3 is 2.78 bits per heavy atom. The molecule has 0 spiro atoms. The van der Waals surface area contributed by atoms with Crippen LogP contribution in [0.5, 0.6) is 0 Å². The average Bonchev–Trinajstić information content (AvgIpc) is 3.26. The van der Waals surface area contributed by atoms with Crippen LogP contribution in [0.3, 0.4) is 0 Å². The maximum absolute atomic E-state index is 13.2. The van der Waals surface area contributed by atoms with Crippen LogP contribution in [-0.2, 0) is 23.7 Å². The zero-order valence-electron chi connectivity index (χ0n) is 15.4. The topological polar surface area (TPSA) is 72.2 Å². The molecule has 3 aromatic rings. The predicted molar refractivity (Wildman–Crippen MR) is 101 cm³/mol. The van der Waals surface area contributed by atoms with Crippen LogP contribution in [0.4, 0.5) is 5.69 Å². The van der Waals surface area contributed by atoms with Gasteiger partial charge in [0.25, 0.3) is 5.91 Å². The van der Waals surface area contributed by atoms with E-state index in [1.165, 1.54) is 11.8 Å². The van der Waals surface area contributed by atoms with Crippen LogP contribution in [-0.4, -0.2) is 37.6 Å². The standard InChI is InChI=1S/C20H19N5O2/c1-11(26)25-10-15-19(20(25)27)17(12-7-21-24(3)8-12)13-9-23(2)16-6-4-5-14(22-15)18(13)16/h4-9,17,22H,10H2,1-3H3/t17-/m0/s1. The number of imide groups is 1. The summed E-state index contributed by atoms with van der Waals surface area (Å²) < 4.78 is 3.81. The number of hydrogen-bond acceptors (Lipinski definition) is 4. The van der Waals surface area contributed by atoms with Crippen molar-refractivity contribution in [1.82, 2.24) is 19.2 Å². The second-order valence-corrected chi connectivity index (χ2v) is 7.20. The van der Waals surface area contributed by atoms with Gasteiger partial charge in [0.05, 0.1) is 23.8 Å². The second kappa shape index (κ2) is 5.33. The Kier molecular flexibility index (Phi) is 3.13. The lowest BCUT2D eigenvalue weighted by atomic mass is 9.86. The Balaban J connectivity index is 1.82. The van der Waals surface area contributed by atoms with Crippen molar-refractivity contribution in [3.63, 3.8) is 0 Å². The molecule has 4 heterocycles. The Hall–Kier alpha value is -3.35. The number of aryl methyl sites for hydroxylation is 2. The Morgan fingerprint density at radius 2 is 2.07 bits per heavy atom. The van der Waals surface area contributed by atoms with Crippen LogP contribution < -0.4 is 5.32 Å². The summed E-state index contributed by atoms with van der Waals surface area (Å²) in [7, 11) is 3.87. The zero-order chi connectivity index (χ0) is 18.9. The third-order valence-electron chi connectivity index (χ3n) is 5.48. The summed E-state index contributed by atoms with van der Waals surface area (Å²) in [6.07, 6.45) is 5.81. The van der Waals surface area contributed by atoms with Gasteiger partial charge in [-0.15, -0.1) is 0 Å². The van der Waals surface area contributed by atoms with Gasteiger partial charge in [-0.3, -0.25) is 19.2 Å². The number of aromatic nitrogens is 3. The number of nitrogens with one attached hydrogen (secondary N) is 1. The highest BCUT2D eigenvalue weighted by atomic mass is 16.2. The molecule has 0 fully saturated rings. The summed E-state index contributed by atoms with van der Waals surface area (Å²) >= 11 is 0. The number of carbonyl (C=O) groups excluding carboxylic acids is 2. The van der Waals surface area contributed by atoms with E-state index in [0.29, 0.717) is 5.57 Å². The lowest BCUT2D eigenvalue weighted by molar-refractivity contribution is -0.139. The van der Waals surface area contributed by atoms with E-state index < -0.39 is 0 Å². The first kappa shape index (κ1) is 15.9. The molecule has 27 heavy (non-hydrogen) atoms. The van der Waals surface area contributed by atoms with Crippen molar-refractivity contribution in [2.45, 2.75) is 12.8 Å². The average molecular weight is 361 g/mol. The fourth-order valence-electron chi connectivity index (χ4n) is 4.31. The maximum Gasteiger partial charge on any atom is 0.259 e. The van der Waals surface area contributed by atoms with Gasteiger partial charge in [0.2, 0.25) is 5.91 Å². The molecule has 1 atom stereocenters. The fourth-order valence-corrected chi connectivity index (χ4v) is 4.31. The molecule has 0 aliphatic carbocycles. The highest BCUT2D eigenvalue weighted by Gasteiger charge is 2.41. The van der Waals surface area contributed by atoms with Crippen molar-refractivity contribution in [3.8, 4) is 0 Å². The maximum atomic E-state index is 13.2. The smallest absolute Gasteiger partial charge is 0.259 e. The molecule has 2 aromatic heterocycles. The Labute approximate surface area is 155 Å². The quantitative estimate of drug-likeness (QED) is 0.721. The minimum absolute atomic E-state index is 0.233. The van der Waals surface area contributed by atoms with Gasteiger partial charge in [-0.1, -0.05) is 6.07 Å². The molecule has 2 amide bonds. The van der Waals surface area contributed by atoms with E-state index in [2.05, 4.69) is 27.2 Å². The van der Waals surface area contributed by atoms with Crippen LogP contribution in [0.15, 0.2) is 48.1 Å². The summed E-state index contributed by atoms with van der Waals surface area (Å²) in [4.78, 5) is 26.5. The third-order valence-corrected chi connectivity index (χ3v) is 5.48. The van der Waals surface area contributed by atoms with Crippen LogP contribution in [0.1, 0.15) is 24.0 Å². The number of nitrogens with zero attached hydrogens (tertiary/aromatic N) is 4. The molecule has 0 saturated carbocycles. The summed E-state index contributed by atoms with van der Waals surface area (Å²) in [6, 6.07) is 6.09. The van der Waals surface area contributed by atoms with Gasteiger partial charge in [-0.25, -0.2) is 0 Å². The lowest BCUT2D eigenvalue weighted by Gasteiger charge is -2.17. The van der Waals surface area contributed by atoms with Crippen molar-refractivity contribution in [2.75, 3.05) is 11.9 Å². The Morgan fingerprint density at radius 1 is 1.26 bits per heavy atom. The number of rotatable bonds is 1. The second-order valence-electron chi connectivity index (χ2n) is 7.20. The Bertz CT molecular complexity index is 1170. The molecule has 5 rings (SSSR count). The van der Waals surface area contributed by atoms with E-state index in [0.717, 1.165) is 33.4 Å². The molecule has 2 aliphatic rings. The zero-order valence-corrected chi connectivity index (χ0v) is 15.4. The molecular weight excluding hydrogens is 342 g/mol. The summed E-state index contributed by atoms with van der Waals surface area (Å²) in [5.41, 5.74) is 5.46. The fraction of sp³-hybridized carbons (Fsp3) is 0.250. The van der Waals surface area contributed by atoms with E-state index in [-0.39, 0.29) is 24.3 Å². The highest BCUT2D eigenvalue weighted by Crippen LogP contribution is 2.46. The molecule has 0 saturated heterocycles. The molecule has 0 radical (unpaired) electrons. The molecule has 0 bridgehead atoms. The monoisotopic (exact) mass is 361 g/mol. The van der Waals surface area contributed by atoms with Gasteiger partial charge in [-0.2, -0.15) is 5.10 Å². The van der Waals surface area contributed by atoms with Gasteiger partial charge in [0.1, 0.15) is 0 Å². The lowest BCUT2D eigenvalue weighted by Crippen LogP contribution is -2.33. The van der Waals surface area contributed by atoms with Gasteiger partial charge in [0, 0.05) is 61.7 Å². The number of amides is 2. The normalized spacial score (nSPS) is 18.7. The van der Waals surface area contributed by atoms with Crippen molar-refractivity contribution in [2.24, 2.45) is 14.1 Å². The van der Waals surface area contributed by atoms with Gasteiger partial charge in [-0.05, 0) is 17.7 Å². The van der Waals surface area contributed by atoms with E-state index in [1.54, 1.807) is 10.9 Å². The van der Waals surface area contributed by atoms with Crippen LogP contribution in [0.25, 0.3) is 10.9 Å². The minimum Gasteiger partial charge on any atom is -0.356 e. The number of hydrogen-bond donors (Lipinski definition) is 1. The molecule has 1 N–H and O–H groups in total. The molecule has 2 aliphatic heterocycles. The summed E-state index contributed by atoms with van der Waals surface area (Å²) in [5.74, 6) is -0.750. The van der Waals surface area contributed by atoms with E-state index >= 15 is 0 Å². The number of carbonyl (C=O) groups is 2. The van der Waals surface area contributed by atoms with Crippen molar-refractivity contribution < 1.29 is 9.59 Å². The largest absolute Gasteiger partial charge is 0.356 e. The molecule has 1 aromatic carbocycles. The first-order valence-electron chi connectivity index (χ1n) is 8.84. The SMILES string of the molecule is CC(=O)N1CC2=C(C1=O)[C@@H](c1cnn(C)c1)c1cn(C)c3cccc(c13)N2. The predicted octanol–water partition coefficient (Wildman–Crippen LogP) is 2.11. The van der Waals surface area contributed by atoms with E-state index in [1.807, 2.05) is 32.4 Å². The summed E-state index contributed by atoms with van der Waals surface area (Å²) in [5, 5.41) is 8.86. The first-order valence-corrected chi connectivity index (χ1v) is 8.84. The van der Waals surface area contributed by atoms with Gasteiger partial charge >= 0.3 is 0 Å². The molecule has 7 nitrogen and oxygen atoms in total. The first-order chi connectivity index (χ1) is 13.0. The molecular formula is C20H19N5O2. The van der Waals surface area contributed by atoms with Crippen molar-refractivity contribution >= 4 is 28.4 Å². The van der Waals surface area contributed by atoms with E-state index in [9.17, 15) is 9.59 Å². The summed E-state index contributed by atoms with van der Waals surface area (Å²) in [6.45, 7) is 1.70. The molecule has 0 unspecified atom stereocenters.